The van der Waals surface area contributed by atoms with Crippen molar-refractivity contribution in [2.45, 2.75) is 337 Å². The Kier molecular flexibility index (Phi) is 40.1. The maximum absolute atomic E-state index is 13.5. The van der Waals surface area contributed by atoms with Crippen molar-refractivity contribution in [1.82, 2.24) is 10.6 Å². The van der Waals surface area contributed by atoms with Crippen molar-refractivity contribution >= 4 is 23.8 Å². The number of esters is 1. The molecular formula is C64H116N2O23. The van der Waals surface area contributed by atoms with E-state index in [0.29, 0.717) is 12.8 Å². The van der Waals surface area contributed by atoms with E-state index in [9.17, 15) is 80.5 Å². The van der Waals surface area contributed by atoms with E-state index in [1.807, 2.05) is 0 Å². The van der Waals surface area contributed by atoms with Gasteiger partial charge >= 0.3 is 11.9 Å². The topological polar surface area (TPSA) is 400 Å². The maximum atomic E-state index is 13.5. The fraction of sp³-hybridized carbons (Fsp3) is 0.906. The Morgan fingerprint density at radius 3 is 1.74 bits per heavy atom. The van der Waals surface area contributed by atoms with Crippen molar-refractivity contribution in [3.8, 4) is 0 Å². The number of carboxylic acids is 1. The van der Waals surface area contributed by atoms with Crippen LogP contribution in [0.5, 0.6) is 0 Å². The number of aliphatic hydroxyl groups is 11. The normalized spacial score (nSPS) is 29.5. The molecule has 0 saturated carbocycles. The average Bonchev–Trinajstić information content (AvgIpc) is 0.953. The number of rotatable bonds is 48. The number of carboxylic acid groups (broad SMARTS) is 1. The molecule has 0 aromatic rings. The van der Waals surface area contributed by atoms with Crippen LogP contribution in [-0.2, 0) is 52.3 Å². The Labute approximate surface area is 527 Å². The Hall–Kier alpha value is -3.06. The molecular weight excluding hydrogens is 1160 g/mol. The minimum absolute atomic E-state index is 0.166. The number of carbonyl (C=O) groups excluding carboxylic acids is 3. The zero-order chi connectivity index (χ0) is 65.9. The molecule has 0 radical (unpaired) electrons. The summed E-state index contributed by atoms with van der Waals surface area (Å²) in [4.78, 5) is 51.3. The lowest BCUT2D eigenvalue weighted by molar-refractivity contribution is -0.339. The van der Waals surface area contributed by atoms with Gasteiger partial charge in [0.1, 0.15) is 67.6 Å². The second-order valence-corrected chi connectivity index (χ2v) is 25.0. The lowest BCUT2D eigenvalue weighted by Crippen LogP contribution is -2.69. The number of allylic oxidation sites excluding steroid dienone is 1. The number of aliphatic carboxylic acids is 1. The number of carbonyl (C=O) groups is 4. The van der Waals surface area contributed by atoms with Crippen LogP contribution in [-0.4, -0.2) is 227 Å². The molecule has 3 fully saturated rings. The first kappa shape index (κ1) is 80.2. The molecule has 0 spiro atoms. The number of nitrogens with one attached hydrogen (secondary N) is 2. The molecule has 0 aromatic carbocycles. The molecule has 20 atom stereocenters. The van der Waals surface area contributed by atoms with Gasteiger partial charge in [-0.3, -0.25) is 14.4 Å². The summed E-state index contributed by atoms with van der Waals surface area (Å²) in [6.45, 7) is 5.55. The van der Waals surface area contributed by atoms with Crippen molar-refractivity contribution < 1.29 is 114 Å². The molecule has 0 aliphatic carbocycles. The van der Waals surface area contributed by atoms with E-state index in [0.717, 1.165) is 64.2 Å². The summed E-state index contributed by atoms with van der Waals surface area (Å²) in [5.74, 6) is -6.82. The van der Waals surface area contributed by atoms with Crippen molar-refractivity contribution in [3.05, 3.63) is 12.2 Å². The summed E-state index contributed by atoms with van der Waals surface area (Å²) >= 11 is 0. The third-order valence-corrected chi connectivity index (χ3v) is 17.4. The highest BCUT2D eigenvalue weighted by Crippen LogP contribution is 2.35. The van der Waals surface area contributed by atoms with Crippen LogP contribution in [0.2, 0.25) is 0 Å². The SMILES string of the molecule is CCCCCCCCCCCCCCCCCCCC[C@@H](O)C(=O)NC(CO[C@@H]1O[C@H](COC2(C(=O)O)C[C@H](O)[C@@H](NC(=O)CO[C@@H]3O[C@@H](C)[C@@H](OC(C)=O)[C@@H](O)[C@@H]3O)[C@H](C(O)C(O)CO)O2)[C@@H](O)[C@H](O)[C@H]1O)[C@H](O)/C=C/CCCCCCCCC(C)CC. The third-order valence-electron chi connectivity index (χ3n) is 17.4. The van der Waals surface area contributed by atoms with Gasteiger partial charge in [-0.05, 0) is 32.1 Å². The Bertz CT molecular complexity index is 1960. The molecule has 3 heterocycles. The molecule has 5 unspecified atom stereocenters. The summed E-state index contributed by atoms with van der Waals surface area (Å²) in [5, 5.41) is 135. The minimum Gasteiger partial charge on any atom is -0.477 e. The smallest absolute Gasteiger partial charge is 0.364 e. The lowest BCUT2D eigenvalue weighted by Gasteiger charge is -2.47. The van der Waals surface area contributed by atoms with Crippen LogP contribution in [0.15, 0.2) is 12.2 Å². The zero-order valence-corrected chi connectivity index (χ0v) is 53.8. The molecule has 0 bridgehead atoms. The van der Waals surface area contributed by atoms with Crippen molar-refractivity contribution in [2.75, 3.05) is 26.4 Å². The van der Waals surface area contributed by atoms with E-state index in [2.05, 4.69) is 31.4 Å². The molecule has 89 heavy (non-hydrogen) atoms. The van der Waals surface area contributed by atoms with Gasteiger partial charge in [-0.25, -0.2) is 4.79 Å². The highest BCUT2D eigenvalue weighted by Gasteiger charge is 2.57. The second-order valence-electron chi connectivity index (χ2n) is 25.0. The monoisotopic (exact) mass is 1280 g/mol. The number of hydrogen-bond acceptors (Lipinski definition) is 22. The quantitative estimate of drug-likeness (QED) is 0.0234. The minimum atomic E-state index is -2.98. The van der Waals surface area contributed by atoms with Gasteiger partial charge in [0.15, 0.2) is 18.7 Å². The molecule has 3 saturated heterocycles. The molecule has 25 nitrogen and oxygen atoms in total. The number of hydrogen-bond donors (Lipinski definition) is 14. The average molecular weight is 1280 g/mol. The Balaban J connectivity index is 1.64. The van der Waals surface area contributed by atoms with Gasteiger partial charge in [0, 0.05) is 13.3 Å². The highest BCUT2D eigenvalue weighted by molar-refractivity contribution is 5.81. The lowest BCUT2D eigenvalue weighted by atomic mass is 9.88. The third kappa shape index (κ3) is 29.0. The summed E-state index contributed by atoms with van der Waals surface area (Å²) in [7, 11) is 0. The van der Waals surface area contributed by atoms with Crippen LogP contribution < -0.4 is 10.6 Å². The zero-order valence-electron chi connectivity index (χ0n) is 53.8. The predicted octanol–water partition coefficient (Wildman–Crippen LogP) is 3.73. The van der Waals surface area contributed by atoms with Gasteiger partial charge in [-0.15, -0.1) is 0 Å². The van der Waals surface area contributed by atoms with E-state index in [1.54, 1.807) is 6.08 Å². The summed E-state index contributed by atoms with van der Waals surface area (Å²) in [5.41, 5.74) is 0. The van der Waals surface area contributed by atoms with Gasteiger partial charge < -0.3 is 105 Å². The van der Waals surface area contributed by atoms with Crippen molar-refractivity contribution in [3.63, 3.8) is 0 Å². The molecule has 25 heteroatoms. The van der Waals surface area contributed by atoms with Gasteiger partial charge in [0.2, 0.25) is 11.8 Å². The summed E-state index contributed by atoms with van der Waals surface area (Å²) < 4.78 is 39.0. The number of aliphatic hydroxyl groups excluding tert-OH is 11. The van der Waals surface area contributed by atoms with Gasteiger partial charge in [0.25, 0.3) is 5.79 Å². The molecule has 2 amide bonds. The number of unbranched alkanes of at least 4 members (excludes halogenated alkanes) is 23. The van der Waals surface area contributed by atoms with E-state index >= 15 is 0 Å². The first-order valence-corrected chi connectivity index (χ1v) is 33.5. The van der Waals surface area contributed by atoms with Gasteiger partial charge in [-0.2, -0.15) is 0 Å². The predicted molar refractivity (Wildman–Crippen MR) is 326 cm³/mol. The van der Waals surface area contributed by atoms with Crippen molar-refractivity contribution in [2.24, 2.45) is 5.92 Å². The van der Waals surface area contributed by atoms with Crippen LogP contribution >= 0.6 is 0 Å². The first-order valence-electron chi connectivity index (χ1n) is 33.5. The van der Waals surface area contributed by atoms with Crippen LogP contribution in [0, 0.1) is 5.92 Å². The van der Waals surface area contributed by atoms with Crippen molar-refractivity contribution in [1.29, 1.82) is 0 Å². The second kappa shape index (κ2) is 44.5. The fourth-order valence-electron chi connectivity index (χ4n) is 11.4. The van der Waals surface area contributed by atoms with Crippen LogP contribution in [0.25, 0.3) is 0 Å². The standard InChI is InChI=1S/C64H116N2O23/c1-6-8-9-10-11-12-13-14-15-16-17-18-19-20-21-26-29-32-35-46(70)60(80)65-44(45(69)34-31-28-25-23-22-24-27-30-33-41(3)7-2)38-83-62-56(78)54(76)53(75)49(88-62)39-85-64(63(81)82)36-47(71)51(59(89-64)52(74)48(72)37-67)66-50(73)40-84-61-57(79)55(77)58(42(4)86-61)87-43(5)68/h31,34,41-42,44-49,51-59,61-62,67,69-72,74-79H,6-30,32-33,35-40H2,1-5H3,(H,65,80)(H,66,73)(H,81,82)/b34-31+/t41?,42-,44?,45+,46+,47-,48?,49+,51+,52?,53+,54-,55-,56+,57-,58+,59+,61+,62+,64?/m0/s1. The van der Waals surface area contributed by atoms with Crippen LogP contribution in [0.4, 0.5) is 0 Å². The van der Waals surface area contributed by atoms with Gasteiger partial charge in [0.05, 0.1) is 50.2 Å². The largest absolute Gasteiger partial charge is 0.477 e. The first-order chi connectivity index (χ1) is 42.5. The Morgan fingerprint density at radius 1 is 0.674 bits per heavy atom. The number of ether oxygens (including phenoxy) is 7. The molecule has 3 aliphatic heterocycles. The molecule has 3 rings (SSSR count). The molecule has 0 aromatic heterocycles. The van der Waals surface area contributed by atoms with Crippen LogP contribution in [0.3, 0.4) is 0 Å². The maximum Gasteiger partial charge on any atom is 0.364 e. The molecule has 14 N–H and O–H groups in total. The van der Waals surface area contributed by atoms with Gasteiger partial charge in [-0.1, -0.05) is 193 Å². The van der Waals surface area contributed by atoms with E-state index in [1.165, 1.54) is 122 Å². The Morgan fingerprint density at radius 2 is 1.20 bits per heavy atom. The van der Waals surface area contributed by atoms with E-state index in [-0.39, 0.29) is 6.42 Å². The number of amides is 2. The molecule has 3 aliphatic rings. The van der Waals surface area contributed by atoms with E-state index in [4.69, 9.17) is 33.2 Å². The van der Waals surface area contributed by atoms with E-state index < -0.39 is 173 Å². The van der Waals surface area contributed by atoms with Crippen LogP contribution in [0.1, 0.15) is 221 Å². The summed E-state index contributed by atoms with van der Waals surface area (Å²) in [6.07, 6.45) is 5.12. The molecule has 520 valence electrons. The summed E-state index contributed by atoms with van der Waals surface area (Å²) in [6, 6.07) is -3.02. The highest BCUT2D eigenvalue weighted by atomic mass is 16.7. The fourth-order valence-corrected chi connectivity index (χ4v) is 11.4.